The van der Waals surface area contributed by atoms with E-state index in [-0.39, 0.29) is 0 Å². The van der Waals surface area contributed by atoms with Gasteiger partial charge in [0.2, 0.25) is 0 Å². The summed E-state index contributed by atoms with van der Waals surface area (Å²) >= 11 is 0. The molecule has 2 amide bonds. The smallest absolute Gasteiger partial charge is 0.332 e. The first kappa shape index (κ1) is 16.6. The van der Waals surface area contributed by atoms with E-state index in [9.17, 15) is 4.79 Å². The minimum absolute atomic E-state index is 0.556. The number of hydrogen-bond acceptors (Lipinski definition) is 5. The molecule has 3 heterocycles. The predicted molar refractivity (Wildman–Crippen MR) is 103 cm³/mol. The van der Waals surface area contributed by atoms with E-state index in [0.29, 0.717) is 18.0 Å². The number of rotatable bonds is 4. The number of nitrogens with one attached hydrogen (secondary N) is 1. The zero-order valence-electron chi connectivity index (χ0n) is 14.6. The van der Waals surface area contributed by atoms with Crippen LogP contribution in [0.1, 0.15) is 18.2 Å². The summed E-state index contributed by atoms with van der Waals surface area (Å²) in [5.41, 5.74) is 12.1. The lowest BCUT2D eigenvalue weighted by atomic mass is 10.1. The van der Waals surface area contributed by atoms with Crippen LogP contribution in [0.5, 0.6) is 0 Å². The molecule has 4 rings (SSSR count). The molecule has 0 spiro atoms. The molecule has 27 heavy (non-hydrogen) atoms. The highest BCUT2D eigenvalue weighted by Gasteiger charge is 2.09. The monoisotopic (exact) mass is 359 g/mol. The molecule has 0 saturated heterocycles. The number of hydrogen-bond donors (Lipinski definition) is 2. The summed E-state index contributed by atoms with van der Waals surface area (Å²) in [6, 6.07) is 13.1. The van der Waals surface area contributed by atoms with Gasteiger partial charge in [-0.15, -0.1) is 0 Å². The summed E-state index contributed by atoms with van der Waals surface area (Å²) in [5.74, 6) is 0. The molecule has 4 aromatic rings. The summed E-state index contributed by atoms with van der Waals surface area (Å²) in [5, 5.41) is 5.02. The van der Waals surface area contributed by atoms with Gasteiger partial charge in [0.15, 0.2) is 5.65 Å². The highest BCUT2D eigenvalue weighted by atomic mass is 16.2. The highest BCUT2D eigenvalue weighted by molar-refractivity contribution is 5.98. The van der Waals surface area contributed by atoms with Crippen molar-refractivity contribution >= 4 is 33.8 Å². The Bertz CT molecular complexity index is 1180. The van der Waals surface area contributed by atoms with Crippen LogP contribution < -0.4 is 11.2 Å². The van der Waals surface area contributed by atoms with Gasteiger partial charge < -0.3 is 10.3 Å². The Morgan fingerprint density at radius 3 is 2.89 bits per heavy atom. The standard InChI is InChI=1S/C19H17N7O/c1-12(24-25-19(20)27)15-6-7-17-18(23-15)26(11-22-17)10-13-4-5-16-14(9-13)3-2-8-21-16/h2-9,11H,10H2,1H3,(H3,20,25,27). The van der Waals surface area contributed by atoms with Crippen molar-refractivity contribution in [2.45, 2.75) is 13.5 Å². The fraction of sp³-hybridized carbons (Fsp3) is 0.105. The lowest BCUT2D eigenvalue weighted by molar-refractivity contribution is 0.249. The van der Waals surface area contributed by atoms with E-state index in [4.69, 9.17) is 5.73 Å². The maximum absolute atomic E-state index is 10.8. The zero-order valence-corrected chi connectivity index (χ0v) is 14.6. The Morgan fingerprint density at radius 2 is 2.04 bits per heavy atom. The molecule has 0 aliphatic heterocycles. The average Bonchev–Trinajstić information content (AvgIpc) is 3.08. The highest BCUT2D eigenvalue weighted by Crippen LogP contribution is 2.17. The number of amides is 2. The molecule has 0 saturated carbocycles. The summed E-state index contributed by atoms with van der Waals surface area (Å²) in [7, 11) is 0. The van der Waals surface area contributed by atoms with E-state index in [0.717, 1.165) is 27.6 Å². The molecule has 0 aliphatic rings. The second-order valence-corrected chi connectivity index (χ2v) is 6.12. The van der Waals surface area contributed by atoms with Crippen LogP contribution in [0.4, 0.5) is 4.79 Å². The summed E-state index contributed by atoms with van der Waals surface area (Å²) < 4.78 is 1.98. The van der Waals surface area contributed by atoms with Crippen LogP contribution in [-0.2, 0) is 6.54 Å². The summed E-state index contributed by atoms with van der Waals surface area (Å²) in [4.78, 5) is 24.2. The number of carbonyl (C=O) groups excluding carboxylic acids is 1. The summed E-state index contributed by atoms with van der Waals surface area (Å²) in [6.45, 7) is 2.38. The van der Waals surface area contributed by atoms with Crippen molar-refractivity contribution in [1.29, 1.82) is 0 Å². The minimum Gasteiger partial charge on any atom is -0.350 e. The molecule has 0 unspecified atom stereocenters. The van der Waals surface area contributed by atoms with E-state index in [2.05, 4.69) is 37.6 Å². The third kappa shape index (κ3) is 3.45. The van der Waals surface area contributed by atoms with Crippen LogP contribution in [-0.4, -0.2) is 31.3 Å². The van der Waals surface area contributed by atoms with Gasteiger partial charge in [0.25, 0.3) is 0 Å². The number of carbonyl (C=O) groups is 1. The van der Waals surface area contributed by atoms with Gasteiger partial charge in [-0.2, -0.15) is 5.10 Å². The number of nitrogens with zero attached hydrogens (tertiary/aromatic N) is 5. The molecule has 0 radical (unpaired) electrons. The van der Waals surface area contributed by atoms with Gasteiger partial charge in [-0.3, -0.25) is 4.98 Å². The second-order valence-electron chi connectivity index (χ2n) is 6.12. The number of fused-ring (bicyclic) bond motifs is 2. The molecule has 0 atom stereocenters. The SMILES string of the molecule is CC(=NNC(N)=O)c1ccc2ncn(Cc3ccc4ncccc4c3)c2n1. The van der Waals surface area contributed by atoms with E-state index in [1.165, 1.54) is 0 Å². The maximum Gasteiger partial charge on any atom is 0.332 e. The van der Waals surface area contributed by atoms with Crippen molar-refractivity contribution in [3.05, 3.63) is 66.2 Å². The van der Waals surface area contributed by atoms with Crippen LogP contribution in [0, 0.1) is 0 Å². The average molecular weight is 359 g/mol. The zero-order chi connectivity index (χ0) is 18.8. The van der Waals surface area contributed by atoms with Crippen LogP contribution in [0.25, 0.3) is 22.1 Å². The number of imidazole rings is 1. The van der Waals surface area contributed by atoms with E-state index < -0.39 is 6.03 Å². The quantitative estimate of drug-likeness (QED) is 0.430. The normalized spacial score (nSPS) is 11.8. The molecule has 8 heteroatoms. The molecule has 3 aromatic heterocycles. The van der Waals surface area contributed by atoms with E-state index in [1.54, 1.807) is 19.4 Å². The number of hydrazone groups is 1. The van der Waals surface area contributed by atoms with Gasteiger partial charge in [0.1, 0.15) is 5.52 Å². The van der Waals surface area contributed by atoms with E-state index >= 15 is 0 Å². The van der Waals surface area contributed by atoms with Crippen molar-refractivity contribution in [2.75, 3.05) is 0 Å². The van der Waals surface area contributed by atoms with Crippen LogP contribution in [0.15, 0.2) is 60.1 Å². The minimum atomic E-state index is -0.716. The number of urea groups is 1. The first-order valence-electron chi connectivity index (χ1n) is 8.36. The molecule has 0 aliphatic carbocycles. The molecule has 1 aromatic carbocycles. The topological polar surface area (TPSA) is 111 Å². The number of aromatic nitrogens is 4. The molecule has 3 N–H and O–H groups in total. The van der Waals surface area contributed by atoms with Crippen LogP contribution in [0.2, 0.25) is 0 Å². The fourth-order valence-electron chi connectivity index (χ4n) is 2.87. The molecule has 134 valence electrons. The van der Waals surface area contributed by atoms with Gasteiger partial charge in [0, 0.05) is 11.6 Å². The number of pyridine rings is 2. The van der Waals surface area contributed by atoms with Gasteiger partial charge in [-0.05, 0) is 42.8 Å². The lowest BCUT2D eigenvalue weighted by Crippen LogP contribution is -2.25. The Morgan fingerprint density at radius 1 is 1.19 bits per heavy atom. The largest absolute Gasteiger partial charge is 0.350 e. The van der Waals surface area contributed by atoms with Gasteiger partial charge in [0.05, 0.1) is 29.8 Å². The second kappa shape index (κ2) is 6.83. The first-order chi connectivity index (χ1) is 13.1. The first-order valence-corrected chi connectivity index (χ1v) is 8.36. The summed E-state index contributed by atoms with van der Waals surface area (Å²) in [6.07, 6.45) is 3.55. The van der Waals surface area contributed by atoms with Crippen molar-refractivity contribution in [2.24, 2.45) is 10.8 Å². The Labute approximate surface area is 154 Å². The van der Waals surface area contributed by atoms with Crippen molar-refractivity contribution in [3.63, 3.8) is 0 Å². The third-order valence-corrected chi connectivity index (χ3v) is 4.19. The number of nitrogens with two attached hydrogens (primary N) is 1. The van der Waals surface area contributed by atoms with Crippen molar-refractivity contribution < 1.29 is 4.79 Å². The molecule has 0 fully saturated rings. The molecule has 0 bridgehead atoms. The fourth-order valence-corrected chi connectivity index (χ4v) is 2.87. The van der Waals surface area contributed by atoms with Crippen LogP contribution in [0.3, 0.4) is 0 Å². The number of benzene rings is 1. The number of primary amides is 1. The third-order valence-electron chi connectivity index (χ3n) is 4.19. The Balaban J connectivity index is 1.67. The van der Waals surface area contributed by atoms with E-state index in [1.807, 2.05) is 34.9 Å². The predicted octanol–water partition coefficient (Wildman–Crippen LogP) is 2.42. The maximum atomic E-state index is 10.8. The van der Waals surface area contributed by atoms with Gasteiger partial charge in [-0.1, -0.05) is 12.1 Å². The van der Waals surface area contributed by atoms with Gasteiger partial charge >= 0.3 is 6.03 Å². The molecular formula is C19H17N7O. The van der Waals surface area contributed by atoms with Crippen molar-refractivity contribution in [1.82, 2.24) is 24.9 Å². The lowest BCUT2D eigenvalue weighted by Gasteiger charge is -2.07. The Hall–Kier alpha value is -3.81. The van der Waals surface area contributed by atoms with Crippen LogP contribution >= 0.6 is 0 Å². The van der Waals surface area contributed by atoms with Crippen molar-refractivity contribution in [3.8, 4) is 0 Å². The molecule has 8 nitrogen and oxygen atoms in total. The molecular weight excluding hydrogens is 342 g/mol. The van der Waals surface area contributed by atoms with Gasteiger partial charge in [-0.25, -0.2) is 20.2 Å². The Kier molecular flexibility index (Phi) is 4.21.